The molecule has 0 radical (unpaired) electrons. The molecule has 29 heavy (non-hydrogen) atoms. The molecule has 5 rings (SSSR count). The highest BCUT2D eigenvalue weighted by Crippen LogP contribution is 2.36. The first-order chi connectivity index (χ1) is 14.0. The third-order valence-corrected chi connectivity index (χ3v) is 5.29. The van der Waals surface area contributed by atoms with Crippen LogP contribution in [0, 0.1) is 0 Å². The van der Waals surface area contributed by atoms with Crippen molar-refractivity contribution in [2.45, 2.75) is 24.9 Å². The van der Waals surface area contributed by atoms with Crippen LogP contribution in [0.2, 0.25) is 0 Å². The Bertz CT molecular complexity index is 1260. The summed E-state index contributed by atoms with van der Waals surface area (Å²) in [5, 5.41) is 24.4. The second-order valence-electron chi connectivity index (χ2n) is 7.09. The number of hydrogen-bond donors (Lipinski definition) is 4. The average Bonchev–Trinajstić information content (AvgIpc) is 3.09. The predicted molar refractivity (Wildman–Crippen MR) is 107 cm³/mol. The van der Waals surface area contributed by atoms with Crippen molar-refractivity contribution in [2.75, 3.05) is 11.9 Å². The number of H-pyrrole nitrogens is 1. The summed E-state index contributed by atoms with van der Waals surface area (Å²) < 4.78 is 6.76. The molecule has 3 heterocycles. The van der Waals surface area contributed by atoms with E-state index in [0.29, 0.717) is 5.84 Å². The van der Waals surface area contributed by atoms with Crippen LogP contribution >= 0.6 is 0 Å². The third-order valence-electron chi connectivity index (χ3n) is 5.29. The molecule has 0 bridgehead atoms. The molecule has 2 aromatic carbocycles. The van der Waals surface area contributed by atoms with Gasteiger partial charge >= 0.3 is 5.69 Å². The van der Waals surface area contributed by atoms with E-state index in [1.807, 2.05) is 36.4 Å². The quantitative estimate of drug-likeness (QED) is 0.521. The van der Waals surface area contributed by atoms with Gasteiger partial charge in [0.15, 0.2) is 0 Å². The number of anilines is 1. The van der Waals surface area contributed by atoms with E-state index in [4.69, 9.17) is 4.74 Å². The summed E-state index contributed by atoms with van der Waals surface area (Å²) in [5.74, 6) is 0.309. The van der Waals surface area contributed by atoms with Gasteiger partial charge in [-0.2, -0.15) is 0 Å². The summed E-state index contributed by atoms with van der Waals surface area (Å²) in [5.41, 5.74) is 0.460. The maximum absolute atomic E-state index is 12.5. The number of nitrogens with zero attached hydrogens (tertiary/aromatic N) is 2. The lowest BCUT2D eigenvalue weighted by atomic mass is 10.0. The average molecular weight is 394 g/mol. The van der Waals surface area contributed by atoms with Crippen molar-refractivity contribution >= 4 is 28.0 Å². The first kappa shape index (κ1) is 17.8. The van der Waals surface area contributed by atoms with Gasteiger partial charge in [0.1, 0.15) is 18.2 Å². The number of hydrogen-bond acceptors (Lipinski definition) is 7. The molecule has 2 aliphatic heterocycles. The number of aromatic amines is 1. The first-order valence-electron chi connectivity index (χ1n) is 9.23. The highest BCUT2D eigenvalue weighted by atomic mass is 16.5. The second-order valence-corrected chi connectivity index (χ2v) is 7.09. The molecule has 1 fully saturated rings. The molecule has 2 aliphatic rings. The van der Waals surface area contributed by atoms with Crippen LogP contribution in [0.25, 0.3) is 10.8 Å². The van der Waals surface area contributed by atoms with Gasteiger partial charge in [-0.1, -0.05) is 24.3 Å². The van der Waals surface area contributed by atoms with E-state index in [0.717, 1.165) is 22.1 Å². The number of aliphatic hydroxyl groups excluding tert-OH is 2. The zero-order chi connectivity index (χ0) is 20.1. The van der Waals surface area contributed by atoms with Crippen LogP contribution in [-0.2, 0) is 4.74 Å². The molecule has 0 amide bonds. The molecule has 4 N–H and O–H groups in total. The monoisotopic (exact) mass is 394 g/mol. The summed E-state index contributed by atoms with van der Waals surface area (Å²) >= 11 is 0. The summed E-state index contributed by atoms with van der Waals surface area (Å²) in [4.78, 5) is 31.7. The lowest BCUT2D eigenvalue weighted by Crippen LogP contribution is -2.37. The molecule has 0 saturated carbocycles. The molecule has 9 heteroatoms. The number of aromatic nitrogens is 2. The standard InChI is InChI=1S/C20H18N4O5/c25-9-15-14(26)7-16(29-15)24-8-11(19(27)23-20(24)28)18-21-12-5-1-3-10-4-2-6-13(22-18)17(10)12/h1-6,8,14-16,25-26H,7,9H2,(H,21,22)(H,23,27,28)/t14-,15+,16+/m0/s1. The zero-order valence-corrected chi connectivity index (χ0v) is 15.2. The molecule has 9 nitrogen and oxygen atoms in total. The van der Waals surface area contributed by atoms with Crippen LogP contribution in [0.1, 0.15) is 18.2 Å². The number of nitrogens with one attached hydrogen (secondary N) is 2. The lowest BCUT2D eigenvalue weighted by Gasteiger charge is -2.20. The highest BCUT2D eigenvalue weighted by molar-refractivity contribution is 6.18. The fourth-order valence-corrected chi connectivity index (χ4v) is 3.84. The Hall–Kier alpha value is -3.27. The van der Waals surface area contributed by atoms with Gasteiger partial charge in [0.25, 0.3) is 5.56 Å². The number of ether oxygens (including phenoxy) is 1. The Balaban J connectivity index is 1.61. The van der Waals surface area contributed by atoms with E-state index >= 15 is 0 Å². The molecule has 0 spiro atoms. The van der Waals surface area contributed by atoms with Crippen molar-refractivity contribution < 1.29 is 14.9 Å². The van der Waals surface area contributed by atoms with Gasteiger partial charge in [0, 0.05) is 23.7 Å². The van der Waals surface area contributed by atoms with E-state index < -0.39 is 29.7 Å². The molecule has 1 aromatic heterocycles. The molecule has 148 valence electrons. The Morgan fingerprint density at radius 3 is 2.76 bits per heavy atom. The lowest BCUT2D eigenvalue weighted by molar-refractivity contribution is -0.0459. The minimum atomic E-state index is -0.901. The van der Waals surface area contributed by atoms with Gasteiger partial charge in [-0.05, 0) is 17.5 Å². The van der Waals surface area contributed by atoms with Crippen molar-refractivity contribution in [3.63, 3.8) is 0 Å². The zero-order valence-electron chi connectivity index (χ0n) is 15.2. The number of benzene rings is 2. The van der Waals surface area contributed by atoms with E-state index in [1.54, 1.807) is 0 Å². The summed E-state index contributed by atoms with van der Waals surface area (Å²) in [6.07, 6.45) is -0.986. The molecule has 0 aliphatic carbocycles. The van der Waals surface area contributed by atoms with E-state index in [-0.39, 0.29) is 18.6 Å². The predicted octanol–water partition coefficient (Wildman–Crippen LogP) is 0.834. The van der Waals surface area contributed by atoms with E-state index in [2.05, 4.69) is 15.3 Å². The maximum atomic E-state index is 12.5. The Kier molecular flexibility index (Phi) is 4.09. The summed E-state index contributed by atoms with van der Waals surface area (Å²) in [6.45, 7) is -0.363. The van der Waals surface area contributed by atoms with Gasteiger partial charge in [-0.15, -0.1) is 0 Å². The van der Waals surface area contributed by atoms with Gasteiger partial charge in [0.2, 0.25) is 0 Å². The van der Waals surface area contributed by atoms with Crippen molar-refractivity contribution in [2.24, 2.45) is 4.99 Å². The van der Waals surface area contributed by atoms with Gasteiger partial charge in [0.05, 0.1) is 24.0 Å². The normalized spacial score (nSPS) is 23.1. The minimum Gasteiger partial charge on any atom is -0.394 e. The smallest absolute Gasteiger partial charge is 0.330 e. The summed E-state index contributed by atoms with van der Waals surface area (Å²) in [6, 6.07) is 11.5. The second kappa shape index (κ2) is 6.66. The Morgan fingerprint density at radius 1 is 1.21 bits per heavy atom. The first-order valence-corrected chi connectivity index (χ1v) is 9.23. The van der Waals surface area contributed by atoms with Gasteiger partial charge in [-0.3, -0.25) is 14.3 Å². The highest BCUT2D eigenvalue weighted by Gasteiger charge is 2.35. The number of rotatable bonds is 3. The molecule has 3 atom stereocenters. The van der Waals surface area contributed by atoms with Crippen LogP contribution in [0.5, 0.6) is 0 Å². The number of amidine groups is 1. The van der Waals surface area contributed by atoms with Crippen molar-refractivity contribution in [3.05, 3.63) is 69.0 Å². The van der Waals surface area contributed by atoms with Crippen molar-refractivity contribution in [3.8, 4) is 0 Å². The third kappa shape index (κ3) is 2.87. The fraction of sp³-hybridized carbons (Fsp3) is 0.250. The van der Waals surface area contributed by atoms with Crippen LogP contribution in [0.4, 0.5) is 11.4 Å². The SMILES string of the molecule is O=c1[nH]c(=O)n([C@H]2C[C@H](O)[C@@H](CO)O2)cc1C1=Nc2cccc3cccc(c23)N1. The topological polar surface area (TPSA) is 129 Å². The number of aliphatic imine (C=N–C) groups is 1. The van der Waals surface area contributed by atoms with E-state index in [9.17, 15) is 19.8 Å². The molecular weight excluding hydrogens is 376 g/mol. The summed E-state index contributed by atoms with van der Waals surface area (Å²) in [7, 11) is 0. The van der Waals surface area contributed by atoms with Crippen LogP contribution in [0.3, 0.4) is 0 Å². The van der Waals surface area contributed by atoms with Crippen LogP contribution in [0.15, 0.2) is 57.2 Å². The van der Waals surface area contributed by atoms with Crippen LogP contribution in [-0.4, -0.2) is 44.4 Å². The van der Waals surface area contributed by atoms with Crippen LogP contribution < -0.4 is 16.6 Å². The van der Waals surface area contributed by atoms with Crippen molar-refractivity contribution in [1.29, 1.82) is 0 Å². The maximum Gasteiger partial charge on any atom is 0.330 e. The minimum absolute atomic E-state index is 0.124. The van der Waals surface area contributed by atoms with Crippen molar-refractivity contribution in [1.82, 2.24) is 9.55 Å². The Morgan fingerprint density at radius 2 is 2.00 bits per heavy atom. The Labute approximate surface area is 163 Å². The van der Waals surface area contributed by atoms with Gasteiger partial charge in [-0.25, -0.2) is 9.79 Å². The molecule has 1 saturated heterocycles. The largest absolute Gasteiger partial charge is 0.394 e. The fourth-order valence-electron chi connectivity index (χ4n) is 3.84. The molecule has 3 aromatic rings. The van der Waals surface area contributed by atoms with E-state index in [1.165, 1.54) is 10.8 Å². The molecular formula is C20H18N4O5. The molecule has 0 unspecified atom stereocenters. The number of aliphatic hydroxyl groups is 2. The van der Waals surface area contributed by atoms with Gasteiger partial charge < -0.3 is 20.3 Å².